The number of hydrogen-bond acceptors (Lipinski definition) is 2. The number of halogens is 1. The fourth-order valence-corrected chi connectivity index (χ4v) is 0.167. The summed E-state index contributed by atoms with van der Waals surface area (Å²) in [5.74, 6) is -1.62. The summed E-state index contributed by atoms with van der Waals surface area (Å²) in [5, 5.41) is 9.44. The molecule has 0 bridgehead atoms. The molecule has 0 aromatic heterocycles. The van der Waals surface area contributed by atoms with E-state index in [-0.39, 0.29) is 36.0 Å². The summed E-state index contributed by atoms with van der Waals surface area (Å²) in [7, 11) is 0. The predicted molar refractivity (Wildman–Crippen MR) is 20.2 cm³/mol. The van der Waals surface area contributed by atoms with E-state index in [1.165, 1.54) is 6.92 Å². The van der Waals surface area contributed by atoms with Crippen molar-refractivity contribution in [3.63, 3.8) is 0 Å². The van der Waals surface area contributed by atoms with Gasteiger partial charge in [-0.15, -0.1) is 0 Å². The van der Waals surface area contributed by atoms with E-state index in [1.54, 1.807) is 0 Å². The standard InChI is InChI=1S/C4H7FO2.Na/c1-2-3(5)4(6)7;/h3H,2H2,1H3,(H,6,7);/q;+1/p-1. The van der Waals surface area contributed by atoms with E-state index in [0.717, 1.165) is 0 Å². The zero-order valence-electron chi connectivity index (χ0n) is 4.98. The number of hydrogen-bond donors (Lipinski definition) is 0. The number of carbonyl (C=O) groups excluding carboxylic acids is 1. The normalized spacial score (nSPS) is 11.8. The Kier molecular flexibility index (Phi) is 7.77. The van der Waals surface area contributed by atoms with Gasteiger partial charge in [-0.05, 0) is 6.42 Å². The molecule has 0 spiro atoms. The molecule has 0 aromatic carbocycles. The van der Waals surface area contributed by atoms with E-state index >= 15 is 0 Å². The Morgan fingerprint density at radius 2 is 2.25 bits per heavy atom. The Bertz CT molecular complexity index is 76.4. The van der Waals surface area contributed by atoms with E-state index in [0.29, 0.717) is 0 Å². The molecule has 0 saturated carbocycles. The minimum absolute atomic E-state index is 0. The molecule has 0 rings (SSSR count). The van der Waals surface area contributed by atoms with E-state index < -0.39 is 12.1 Å². The van der Waals surface area contributed by atoms with Crippen LogP contribution in [0, 0.1) is 0 Å². The molecule has 42 valence electrons. The first kappa shape index (κ1) is 11.2. The quantitative estimate of drug-likeness (QED) is 0.362. The first-order chi connectivity index (χ1) is 3.18. The van der Waals surface area contributed by atoms with Crippen LogP contribution in [0.15, 0.2) is 0 Å². The SMILES string of the molecule is CCC(F)C(=O)[O-].[Na+]. The van der Waals surface area contributed by atoms with Gasteiger partial charge in [0.2, 0.25) is 0 Å². The van der Waals surface area contributed by atoms with Crippen LogP contribution in [-0.4, -0.2) is 12.1 Å². The second kappa shape index (κ2) is 5.54. The molecule has 1 atom stereocenters. The molecule has 0 aromatic rings. The van der Waals surface area contributed by atoms with Gasteiger partial charge in [-0.25, -0.2) is 4.39 Å². The largest absolute Gasteiger partial charge is 1.00 e. The summed E-state index contributed by atoms with van der Waals surface area (Å²) in [6.45, 7) is 1.44. The average molecular weight is 128 g/mol. The van der Waals surface area contributed by atoms with Gasteiger partial charge in [0, 0.05) is 0 Å². The molecule has 0 radical (unpaired) electrons. The van der Waals surface area contributed by atoms with Gasteiger partial charge < -0.3 is 9.90 Å². The monoisotopic (exact) mass is 128 g/mol. The maximum absolute atomic E-state index is 11.6. The number of alkyl halides is 1. The van der Waals surface area contributed by atoms with Crippen LogP contribution in [0.1, 0.15) is 13.3 Å². The van der Waals surface area contributed by atoms with Crippen molar-refractivity contribution in [3.05, 3.63) is 0 Å². The van der Waals surface area contributed by atoms with Crippen LogP contribution in [-0.2, 0) is 4.79 Å². The Labute approximate surface area is 69.4 Å². The van der Waals surface area contributed by atoms with Crippen molar-refractivity contribution >= 4 is 5.97 Å². The Morgan fingerprint density at radius 3 is 2.25 bits per heavy atom. The molecular weight excluding hydrogens is 122 g/mol. The minimum atomic E-state index is -1.79. The van der Waals surface area contributed by atoms with Gasteiger partial charge in [0.1, 0.15) is 6.17 Å². The Morgan fingerprint density at radius 1 is 1.88 bits per heavy atom. The van der Waals surface area contributed by atoms with Gasteiger partial charge in [0.05, 0.1) is 5.97 Å². The van der Waals surface area contributed by atoms with Crippen molar-refractivity contribution < 1.29 is 43.8 Å². The molecular formula is C4H6FNaO2. The fraction of sp³-hybridized carbons (Fsp3) is 0.750. The Balaban J connectivity index is 0. The van der Waals surface area contributed by atoms with Crippen molar-refractivity contribution in [2.45, 2.75) is 19.5 Å². The fourth-order valence-electron chi connectivity index (χ4n) is 0.167. The van der Waals surface area contributed by atoms with Crippen molar-refractivity contribution in [1.82, 2.24) is 0 Å². The van der Waals surface area contributed by atoms with Gasteiger partial charge in [-0.3, -0.25) is 0 Å². The van der Waals surface area contributed by atoms with Crippen molar-refractivity contribution in [1.29, 1.82) is 0 Å². The van der Waals surface area contributed by atoms with Crippen LogP contribution >= 0.6 is 0 Å². The molecule has 0 fully saturated rings. The number of rotatable bonds is 2. The third-order valence-corrected chi connectivity index (χ3v) is 0.614. The van der Waals surface area contributed by atoms with E-state index in [2.05, 4.69) is 0 Å². The summed E-state index contributed by atoms with van der Waals surface area (Å²) < 4.78 is 11.6. The van der Waals surface area contributed by atoms with Crippen LogP contribution in [0.2, 0.25) is 0 Å². The van der Waals surface area contributed by atoms with Crippen LogP contribution in [0.3, 0.4) is 0 Å². The molecule has 0 N–H and O–H groups in total. The summed E-state index contributed by atoms with van der Waals surface area (Å²) >= 11 is 0. The van der Waals surface area contributed by atoms with Crippen LogP contribution in [0.25, 0.3) is 0 Å². The average Bonchev–Trinajstić information content (AvgIpc) is 1.65. The first-order valence-corrected chi connectivity index (χ1v) is 2.03. The van der Waals surface area contributed by atoms with E-state index in [9.17, 15) is 14.3 Å². The third-order valence-electron chi connectivity index (χ3n) is 0.614. The summed E-state index contributed by atoms with van der Waals surface area (Å²) in [6, 6.07) is 0. The van der Waals surface area contributed by atoms with Gasteiger partial charge in [-0.1, -0.05) is 6.92 Å². The molecule has 0 aliphatic carbocycles. The molecule has 0 aliphatic heterocycles. The first-order valence-electron chi connectivity index (χ1n) is 2.03. The number of carboxylic acids is 1. The van der Waals surface area contributed by atoms with Crippen molar-refractivity contribution in [2.75, 3.05) is 0 Å². The van der Waals surface area contributed by atoms with Crippen LogP contribution < -0.4 is 34.7 Å². The molecule has 0 amide bonds. The number of aliphatic carboxylic acids is 1. The van der Waals surface area contributed by atoms with Crippen LogP contribution in [0.5, 0.6) is 0 Å². The smallest absolute Gasteiger partial charge is 0.547 e. The molecule has 1 unspecified atom stereocenters. The topological polar surface area (TPSA) is 40.1 Å². The number of carboxylic acid groups (broad SMARTS) is 1. The molecule has 0 heterocycles. The molecule has 0 aliphatic rings. The maximum atomic E-state index is 11.6. The summed E-state index contributed by atoms with van der Waals surface area (Å²) in [5.41, 5.74) is 0. The van der Waals surface area contributed by atoms with Crippen molar-refractivity contribution in [2.24, 2.45) is 0 Å². The van der Waals surface area contributed by atoms with Gasteiger partial charge in [0.25, 0.3) is 0 Å². The summed E-state index contributed by atoms with van der Waals surface area (Å²) in [4.78, 5) is 9.44. The predicted octanol–water partition coefficient (Wildman–Crippen LogP) is -3.51. The van der Waals surface area contributed by atoms with Gasteiger partial charge in [-0.2, -0.15) is 0 Å². The second-order valence-electron chi connectivity index (χ2n) is 1.19. The van der Waals surface area contributed by atoms with E-state index in [4.69, 9.17) is 0 Å². The molecule has 2 nitrogen and oxygen atoms in total. The van der Waals surface area contributed by atoms with E-state index in [1.807, 2.05) is 0 Å². The molecule has 0 saturated heterocycles. The zero-order chi connectivity index (χ0) is 5.86. The van der Waals surface area contributed by atoms with Gasteiger partial charge in [0.15, 0.2) is 0 Å². The van der Waals surface area contributed by atoms with Crippen LogP contribution in [0.4, 0.5) is 4.39 Å². The summed E-state index contributed by atoms with van der Waals surface area (Å²) in [6.07, 6.45) is -1.80. The Hall–Kier alpha value is 0.400. The maximum Gasteiger partial charge on any atom is 1.00 e. The van der Waals surface area contributed by atoms with Gasteiger partial charge >= 0.3 is 29.6 Å². The number of carbonyl (C=O) groups is 1. The third kappa shape index (κ3) is 4.56. The minimum Gasteiger partial charge on any atom is -0.547 e. The zero-order valence-corrected chi connectivity index (χ0v) is 6.98. The molecule has 8 heavy (non-hydrogen) atoms. The van der Waals surface area contributed by atoms with Crippen molar-refractivity contribution in [3.8, 4) is 0 Å². The second-order valence-corrected chi connectivity index (χ2v) is 1.19. The molecule has 4 heteroatoms.